The van der Waals surface area contributed by atoms with Crippen LogP contribution >= 0.6 is 11.3 Å². The van der Waals surface area contributed by atoms with Crippen molar-refractivity contribution in [2.45, 2.75) is 19.9 Å². The Hall–Kier alpha value is -1.47. The third-order valence-corrected chi connectivity index (χ3v) is 3.47. The predicted octanol–water partition coefficient (Wildman–Crippen LogP) is -0.0551. The Kier molecular flexibility index (Phi) is 3.39. The van der Waals surface area contributed by atoms with Gasteiger partial charge in [-0.3, -0.25) is 14.5 Å². The molecule has 2 amide bonds. The molecule has 7 heteroatoms. The number of fused-ring (bicyclic) bond motifs is 1. The van der Waals surface area contributed by atoms with Gasteiger partial charge in [-0.1, -0.05) is 0 Å². The second-order valence-electron chi connectivity index (χ2n) is 4.00. The maximum Gasteiger partial charge on any atom is 0.231 e. The van der Waals surface area contributed by atoms with Gasteiger partial charge < -0.3 is 11.1 Å². The summed E-state index contributed by atoms with van der Waals surface area (Å²) in [7, 11) is 0. The highest BCUT2D eigenvalue weighted by molar-refractivity contribution is 7.15. The van der Waals surface area contributed by atoms with Crippen LogP contribution in [0.3, 0.4) is 0 Å². The maximum absolute atomic E-state index is 10.9. The summed E-state index contributed by atoms with van der Waals surface area (Å²) in [5.41, 5.74) is 6.18. The minimum atomic E-state index is -0.319. The maximum atomic E-state index is 10.9. The minimum Gasteiger partial charge on any atom is -0.369 e. The van der Waals surface area contributed by atoms with E-state index in [1.807, 2.05) is 4.90 Å². The second kappa shape index (κ2) is 4.80. The molecule has 1 aliphatic heterocycles. The molecule has 6 nitrogen and oxygen atoms in total. The zero-order chi connectivity index (χ0) is 12.4. The van der Waals surface area contributed by atoms with E-state index in [0.717, 1.165) is 23.5 Å². The quantitative estimate of drug-likeness (QED) is 0.791. The molecule has 0 unspecified atom stereocenters. The van der Waals surface area contributed by atoms with Gasteiger partial charge >= 0.3 is 0 Å². The fourth-order valence-electron chi connectivity index (χ4n) is 1.81. The van der Waals surface area contributed by atoms with Crippen molar-refractivity contribution < 1.29 is 9.59 Å². The average Bonchev–Trinajstić information content (AvgIpc) is 2.56. The number of primary amides is 1. The van der Waals surface area contributed by atoms with E-state index in [1.165, 1.54) is 18.3 Å². The van der Waals surface area contributed by atoms with Crippen LogP contribution in [0.2, 0.25) is 0 Å². The number of aromatic nitrogens is 1. The minimum absolute atomic E-state index is 0.120. The molecule has 17 heavy (non-hydrogen) atoms. The van der Waals surface area contributed by atoms with Gasteiger partial charge in [0.1, 0.15) is 0 Å². The molecule has 1 aromatic heterocycles. The molecule has 3 N–H and O–H groups in total. The van der Waals surface area contributed by atoms with Gasteiger partial charge in [0.2, 0.25) is 11.8 Å². The average molecular weight is 254 g/mol. The molecule has 0 bridgehead atoms. The fraction of sp³-hybridized carbons (Fsp3) is 0.500. The number of carbonyl (C=O) groups is 2. The molecule has 1 aliphatic rings. The van der Waals surface area contributed by atoms with Crippen molar-refractivity contribution in [1.29, 1.82) is 0 Å². The Labute approximate surface area is 103 Å². The molecule has 0 saturated carbocycles. The molecule has 0 aliphatic carbocycles. The van der Waals surface area contributed by atoms with Gasteiger partial charge in [-0.05, 0) is 0 Å². The van der Waals surface area contributed by atoms with Crippen LogP contribution in [-0.2, 0) is 22.6 Å². The number of nitrogens with zero attached hydrogens (tertiary/aromatic N) is 2. The summed E-state index contributed by atoms with van der Waals surface area (Å²) in [6, 6.07) is 0. The van der Waals surface area contributed by atoms with E-state index in [0.29, 0.717) is 11.7 Å². The number of nitrogens with one attached hydrogen (secondary N) is 1. The first-order chi connectivity index (χ1) is 8.04. The smallest absolute Gasteiger partial charge is 0.231 e. The van der Waals surface area contributed by atoms with E-state index in [2.05, 4.69) is 10.3 Å². The van der Waals surface area contributed by atoms with Crippen LogP contribution in [0.4, 0.5) is 5.13 Å². The number of amides is 2. The Bertz CT molecular complexity index is 457. The van der Waals surface area contributed by atoms with Gasteiger partial charge in [-0.2, -0.15) is 0 Å². The topological polar surface area (TPSA) is 88.3 Å². The summed E-state index contributed by atoms with van der Waals surface area (Å²) in [6.45, 7) is 3.18. The zero-order valence-corrected chi connectivity index (χ0v) is 10.3. The lowest BCUT2D eigenvalue weighted by Crippen LogP contribution is -2.37. The summed E-state index contributed by atoms with van der Waals surface area (Å²) >= 11 is 1.46. The Balaban J connectivity index is 2.07. The van der Waals surface area contributed by atoms with Crippen molar-refractivity contribution in [3.05, 3.63) is 10.6 Å². The molecular formula is C10H14N4O2S. The molecule has 2 heterocycles. The number of anilines is 1. The van der Waals surface area contributed by atoms with Gasteiger partial charge in [0, 0.05) is 31.3 Å². The van der Waals surface area contributed by atoms with Gasteiger partial charge in [0.05, 0.1) is 12.2 Å². The highest BCUT2D eigenvalue weighted by Crippen LogP contribution is 2.27. The van der Waals surface area contributed by atoms with E-state index in [9.17, 15) is 9.59 Å². The molecular weight excluding hydrogens is 240 g/mol. The van der Waals surface area contributed by atoms with Gasteiger partial charge in [-0.15, -0.1) is 11.3 Å². The molecule has 0 fully saturated rings. The zero-order valence-electron chi connectivity index (χ0n) is 9.52. The molecule has 0 spiro atoms. The molecule has 0 aromatic carbocycles. The Morgan fingerprint density at radius 3 is 3.00 bits per heavy atom. The second-order valence-corrected chi connectivity index (χ2v) is 5.08. The van der Waals surface area contributed by atoms with E-state index in [-0.39, 0.29) is 18.4 Å². The third-order valence-electron chi connectivity index (χ3n) is 2.47. The van der Waals surface area contributed by atoms with Crippen LogP contribution in [0.25, 0.3) is 0 Å². The summed E-state index contributed by atoms with van der Waals surface area (Å²) in [6.07, 6.45) is 0.790. The summed E-state index contributed by atoms with van der Waals surface area (Å²) in [5.74, 6) is -0.440. The van der Waals surface area contributed by atoms with Gasteiger partial charge in [0.15, 0.2) is 5.13 Å². The number of nitrogens with two attached hydrogens (primary N) is 1. The van der Waals surface area contributed by atoms with E-state index in [4.69, 9.17) is 5.73 Å². The van der Waals surface area contributed by atoms with E-state index < -0.39 is 0 Å². The van der Waals surface area contributed by atoms with Crippen molar-refractivity contribution >= 4 is 28.3 Å². The number of thiazole rings is 1. The molecule has 0 radical (unpaired) electrons. The lowest BCUT2D eigenvalue weighted by Gasteiger charge is -2.24. The highest BCUT2D eigenvalue weighted by Gasteiger charge is 2.21. The van der Waals surface area contributed by atoms with Gasteiger partial charge in [0.25, 0.3) is 0 Å². The number of rotatable bonds is 3. The molecule has 1 aromatic rings. The predicted molar refractivity (Wildman–Crippen MR) is 64.6 cm³/mol. The first-order valence-electron chi connectivity index (χ1n) is 5.31. The Morgan fingerprint density at radius 1 is 1.59 bits per heavy atom. The number of hydrogen-bond donors (Lipinski definition) is 2. The lowest BCUT2D eigenvalue weighted by molar-refractivity contribution is -0.119. The first-order valence-corrected chi connectivity index (χ1v) is 6.13. The first kappa shape index (κ1) is 12.0. The molecule has 2 rings (SSSR count). The largest absolute Gasteiger partial charge is 0.369 e. The van der Waals surface area contributed by atoms with Crippen LogP contribution in [0.5, 0.6) is 0 Å². The number of hydrogen-bond acceptors (Lipinski definition) is 5. The van der Waals surface area contributed by atoms with E-state index in [1.54, 1.807) is 0 Å². The summed E-state index contributed by atoms with van der Waals surface area (Å²) in [4.78, 5) is 29.2. The monoisotopic (exact) mass is 254 g/mol. The molecule has 0 saturated heterocycles. The summed E-state index contributed by atoms with van der Waals surface area (Å²) in [5, 5.41) is 3.30. The SMILES string of the molecule is CC(=O)Nc1nc2c(s1)CN(CC(N)=O)CC2. The Morgan fingerprint density at radius 2 is 2.35 bits per heavy atom. The van der Waals surface area contributed by atoms with Crippen molar-refractivity contribution in [3.63, 3.8) is 0 Å². The molecule has 92 valence electrons. The van der Waals surface area contributed by atoms with E-state index >= 15 is 0 Å². The lowest BCUT2D eigenvalue weighted by atomic mass is 10.2. The molecule has 0 atom stereocenters. The highest BCUT2D eigenvalue weighted by atomic mass is 32.1. The standard InChI is InChI=1S/C10H14N4O2S/c1-6(15)12-10-13-7-2-3-14(5-9(11)16)4-8(7)17-10/h2-5H2,1H3,(H2,11,16)(H,12,13,15). The van der Waals surface area contributed by atoms with Crippen LogP contribution in [0, 0.1) is 0 Å². The third kappa shape index (κ3) is 3.01. The van der Waals surface area contributed by atoms with Crippen LogP contribution in [0.1, 0.15) is 17.5 Å². The van der Waals surface area contributed by atoms with Crippen molar-refractivity contribution in [2.75, 3.05) is 18.4 Å². The fourth-order valence-corrected chi connectivity index (χ4v) is 2.90. The number of carbonyl (C=O) groups excluding carboxylic acids is 2. The summed E-state index contributed by atoms with van der Waals surface area (Å²) < 4.78 is 0. The van der Waals surface area contributed by atoms with Crippen LogP contribution in [0.15, 0.2) is 0 Å². The van der Waals surface area contributed by atoms with Crippen LogP contribution in [-0.4, -0.2) is 34.8 Å². The van der Waals surface area contributed by atoms with Crippen molar-refractivity contribution in [2.24, 2.45) is 5.73 Å². The normalized spacial score (nSPS) is 15.4. The van der Waals surface area contributed by atoms with Crippen LogP contribution < -0.4 is 11.1 Å². The van der Waals surface area contributed by atoms with Crippen molar-refractivity contribution in [3.8, 4) is 0 Å². The van der Waals surface area contributed by atoms with Crippen molar-refractivity contribution in [1.82, 2.24) is 9.88 Å². The van der Waals surface area contributed by atoms with Gasteiger partial charge in [-0.25, -0.2) is 4.98 Å².